The summed E-state index contributed by atoms with van der Waals surface area (Å²) in [5.74, 6) is 0.172. The third kappa shape index (κ3) is 4.40. The van der Waals surface area contributed by atoms with Crippen LogP contribution in [-0.4, -0.2) is 30.5 Å². The lowest BCUT2D eigenvalue weighted by molar-refractivity contribution is -0.384. The normalized spacial score (nSPS) is 17.0. The summed E-state index contributed by atoms with van der Waals surface area (Å²) in [5, 5.41) is 14.3. The minimum absolute atomic E-state index is 0.0869. The van der Waals surface area contributed by atoms with Gasteiger partial charge in [0.25, 0.3) is 11.6 Å². The molecule has 0 aliphatic carbocycles. The molecule has 1 saturated heterocycles. The van der Waals surface area contributed by atoms with Crippen molar-refractivity contribution < 1.29 is 9.72 Å². The number of hydrogen-bond donors (Lipinski definition) is 1. The fourth-order valence-corrected chi connectivity index (χ4v) is 3.63. The number of rotatable bonds is 5. The Kier molecular flexibility index (Phi) is 5.88. The van der Waals surface area contributed by atoms with Crippen LogP contribution in [0.3, 0.4) is 0 Å². The molecule has 1 atom stereocenters. The van der Waals surface area contributed by atoms with Crippen molar-refractivity contribution in [2.75, 3.05) is 24.5 Å². The van der Waals surface area contributed by atoms with Gasteiger partial charge in [-0.2, -0.15) is 0 Å². The number of amides is 1. The maximum absolute atomic E-state index is 12.2. The lowest BCUT2D eigenvalue weighted by Crippen LogP contribution is -2.41. The van der Waals surface area contributed by atoms with Crippen molar-refractivity contribution in [3.8, 4) is 0 Å². The second-order valence-corrected chi connectivity index (χ2v) is 7.34. The van der Waals surface area contributed by atoms with E-state index in [9.17, 15) is 14.9 Å². The van der Waals surface area contributed by atoms with Gasteiger partial charge in [-0.3, -0.25) is 14.9 Å². The molecule has 0 spiro atoms. The number of carbonyl (C=O) groups excluding carboxylic acids is 1. The summed E-state index contributed by atoms with van der Waals surface area (Å²) in [6.07, 6.45) is 1.93. The molecule has 1 aliphatic rings. The average Bonchev–Trinajstić information content (AvgIpc) is 2.66. The molecule has 2 aromatic rings. The molecular weight excluding hydrogens is 398 g/mol. The molecule has 1 fully saturated rings. The molecule has 0 saturated carbocycles. The van der Waals surface area contributed by atoms with Crippen LogP contribution in [0.15, 0.2) is 53.0 Å². The molecule has 1 amide bonds. The number of nitrogens with one attached hydrogen (secondary N) is 1. The molecule has 0 radical (unpaired) electrons. The van der Waals surface area contributed by atoms with Gasteiger partial charge in [-0.15, -0.1) is 0 Å². The van der Waals surface area contributed by atoms with E-state index in [0.717, 1.165) is 23.9 Å². The van der Waals surface area contributed by atoms with E-state index in [2.05, 4.69) is 21.2 Å². The Bertz CT molecular complexity index is 798. The van der Waals surface area contributed by atoms with Crippen LogP contribution in [0.1, 0.15) is 23.2 Å². The number of nitrogens with zero attached hydrogens (tertiary/aromatic N) is 2. The van der Waals surface area contributed by atoms with E-state index < -0.39 is 0 Å². The van der Waals surface area contributed by atoms with Gasteiger partial charge in [0, 0.05) is 35.7 Å². The molecule has 3 rings (SSSR count). The number of piperidine rings is 1. The number of benzene rings is 2. The van der Waals surface area contributed by atoms with Crippen LogP contribution in [0.25, 0.3) is 0 Å². The van der Waals surface area contributed by atoms with Gasteiger partial charge in [0.15, 0.2) is 0 Å². The highest BCUT2D eigenvalue weighted by Crippen LogP contribution is 2.33. The first-order valence-corrected chi connectivity index (χ1v) is 9.36. The van der Waals surface area contributed by atoms with E-state index in [1.807, 2.05) is 23.1 Å². The Morgan fingerprint density at radius 1 is 1.27 bits per heavy atom. The van der Waals surface area contributed by atoms with Crippen molar-refractivity contribution >= 4 is 33.2 Å². The Morgan fingerprint density at radius 2 is 2.04 bits per heavy atom. The zero-order valence-electron chi connectivity index (χ0n) is 14.2. The van der Waals surface area contributed by atoms with Crippen molar-refractivity contribution in [3.05, 3.63) is 68.7 Å². The Hall–Kier alpha value is -2.41. The predicted molar refractivity (Wildman–Crippen MR) is 105 cm³/mol. The van der Waals surface area contributed by atoms with Crippen molar-refractivity contribution in [1.29, 1.82) is 0 Å². The first-order chi connectivity index (χ1) is 12.5. The molecular formula is C19H20BrN3O3. The Morgan fingerprint density at radius 3 is 2.77 bits per heavy atom. The summed E-state index contributed by atoms with van der Waals surface area (Å²) >= 11 is 3.40. The smallest absolute Gasteiger partial charge is 0.292 e. The van der Waals surface area contributed by atoms with Crippen LogP contribution < -0.4 is 10.2 Å². The largest absolute Gasteiger partial charge is 0.366 e. The van der Waals surface area contributed by atoms with Crippen LogP contribution in [0.2, 0.25) is 0 Å². The fourth-order valence-electron chi connectivity index (χ4n) is 3.28. The van der Waals surface area contributed by atoms with Gasteiger partial charge < -0.3 is 10.2 Å². The lowest BCUT2D eigenvalue weighted by atomic mass is 9.97. The second-order valence-electron chi connectivity index (χ2n) is 6.42. The van der Waals surface area contributed by atoms with Crippen LogP contribution in [0.4, 0.5) is 11.4 Å². The zero-order valence-corrected chi connectivity index (χ0v) is 15.8. The van der Waals surface area contributed by atoms with E-state index in [-0.39, 0.29) is 22.4 Å². The highest BCUT2D eigenvalue weighted by molar-refractivity contribution is 9.10. The van der Waals surface area contributed by atoms with Gasteiger partial charge >= 0.3 is 0 Å². The van der Waals surface area contributed by atoms with Gasteiger partial charge in [-0.1, -0.05) is 34.1 Å². The van der Waals surface area contributed by atoms with E-state index >= 15 is 0 Å². The average molecular weight is 418 g/mol. The van der Waals surface area contributed by atoms with Crippen molar-refractivity contribution in [2.24, 2.45) is 5.92 Å². The number of halogens is 1. The third-order valence-corrected chi connectivity index (χ3v) is 5.07. The summed E-state index contributed by atoms with van der Waals surface area (Å²) < 4.78 is 0.817. The molecule has 6 nitrogen and oxygen atoms in total. The van der Waals surface area contributed by atoms with Crippen LogP contribution >= 0.6 is 15.9 Å². The quantitative estimate of drug-likeness (QED) is 0.588. The number of hydrogen-bond acceptors (Lipinski definition) is 4. The summed E-state index contributed by atoms with van der Waals surface area (Å²) in [7, 11) is 0. The Balaban J connectivity index is 1.66. The van der Waals surface area contributed by atoms with E-state index in [1.54, 1.807) is 24.3 Å². The highest BCUT2D eigenvalue weighted by atomic mass is 79.9. The van der Waals surface area contributed by atoms with E-state index in [1.165, 1.54) is 6.07 Å². The third-order valence-electron chi connectivity index (χ3n) is 4.58. The second kappa shape index (κ2) is 8.31. The van der Waals surface area contributed by atoms with Crippen LogP contribution in [0, 0.1) is 16.0 Å². The lowest BCUT2D eigenvalue weighted by Gasteiger charge is -2.34. The molecule has 2 aromatic carbocycles. The molecule has 26 heavy (non-hydrogen) atoms. The molecule has 7 heteroatoms. The summed E-state index contributed by atoms with van der Waals surface area (Å²) in [5.41, 5.74) is 1.38. The molecule has 0 aromatic heterocycles. The zero-order chi connectivity index (χ0) is 18.5. The number of carbonyl (C=O) groups is 1. The van der Waals surface area contributed by atoms with Crippen LogP contribution in [-0.2, 0) is 0 Å². The molecule has 1 unspecified atom stereocenters. The predicted octanol–water partition coefficient (Wildman–Crippen LogP) is 4.00. The standard InChI is InChI=1S/C19H20BrN3O3/c20-16-8-9-17(23(25)26)18(11-16)22-10-4-5-14(13-22)12-21-19(24)15-6-2-1-3-7-15/h1-3,6-9,11,14H,4-5,10,12-13H2,(H,21,24). The Labute approximate surface area is 160 Å². The summed E-state index contributed by atoms with van der Waals surface area (Å²) in [6.45, 7) is 2.03. The molecule has 0 bridgehead atoms. The van der Waals surface area contributed by atoms with Gasteiger partial charge in [0.05, 0.1) is 4.92 Å². The SMILES string of the molecule is O=C(NCC1CCCN(c2cc(Br)ccc2[N+](=O)[O-])C1)c1ccccc1. The van der Waals surface area contributed by atoms with Gasteiger partial charge in [0.2, 0.25) is 0 Å². The summed E-state index contributed by atoms with van der Waals surface area (Å²) in [6, 6.07) is 14.1. The molecule has 136 valence electrons. The van der Waals surface area contributed by atoms with Crippen molar-refractivity contribution in [3.63, 3.8) is 0 Å². The maximum Gasteiger partial charge on any atom is 0.292 e. The fraction of sp³-hybridized carbons (Fsp3) is 0.316. The maximum atomic E-state index is 12.2. The summed E-state index contributed by atoms with van der Waals surface area (Å²) in [4.78, 5) is 25.2. The van der Waals surface area contributed by atoms with Gasteiger partial charge in [-0.05, 0) is 43.0 Å². The molecule has 1 aliphatic heterocycles. The molecule has 1 N–H and O–H groups in total. The number of nitro benzene ring substituents is 1. The minimum Gasteiger partial charge on any atom is -0.366 e. The molecule has 1 heterocycles. The number of nitro groups is 1. The topological polar surface area (TPSA) is 75.5 Å². The van der Waals surface area contributed by atoms with E-state index in [0.29, 0.717) is 24.3 Å². The first kappa shape index (κ1) is 18.4. The van der Waals surface area contributed by atoms with Crippen LogP contribution in [0.5, 0.6) is 0 Å². The van der Waals surface area contributed by atoms with Crippen molar-refractivity contribution in [2.45, 2.75) is 12.8 Å². The minimum atomic E-state index is -0.345. The monoisotopic (exact) mass is 417 g/mol. The first-order valence-electron chi connectivity index (χ1n) is 8.56. The van der Waals surface area contributed by atoms with Crippen molar-refractivity contribution in [1.82, 2.24) is 5.32 Å². The van der Waals surface area contributed by atoms with Gasteiger partial charge in [0.1, 0.15) is 5.69 Å². The van der Waals surface area contributed by atoms with E-state index in [4.69, 9.17) is 0 Å². The van der Waals surface area contributed by atoms with Gasteiger partial charge in [-0.25, -0.2) is 0 Å². The highest BCUT2D eigenvalue weighted by Gasteiger charge is 2.26. The number of anilines is 1.